The Balaban J connectivity index is 2.15. The molecule has 2 amide bonds. The van der Waals surface area contributed by atoms with Crippen molar-refractivity contribution >= 4 is 6.03 Å². The topological polar surface area (TPSA) is 54.3 Å². The number of carbonyl (C=O) groups is 1. The molecule has 1 aromatic rings. The van der Waals surface area contributed by atoms with E-state index < -0.39 is 0 Å². The number of urea groups is 1. The summed E-state index contributed by atoms with van der Waals surface area (Å²) < 4.78 is 1.69. The first-order chi connectivity index (χ1) is 8.99. The first-order valence-corrected chi connectivity index (χ1v) is 6.72. The molecule has 19 heavy (non-hydrogen) atoms. The fraction of sp³-hybridized carbons (Fsp3) is 0.571. The van der Waals surface area contributed by atoms with Crippen LogP contribution in [0.4, 0.5) is 4.79 Å². The molecule has 0 spiro atoms. The minimum atomic E-state index is -0.0205. The second kappa shape index (κ2) is 5.47. The van der Waals surface area contributed by atoms with Gasteiger partial charge in [0.2, 0.25) is 5.56 Å². The molecule has 0 saturated heterocycles. The van der Waals surface area contributed by atoms with Gasteiger partial charge in [-0.3, -0.25) is 4.79 Å². The SMILES string of the molecule is CC(C)NC(=O)N1CCc2ccc(=O)n(C)c2CC1. The van der Waals surface area contributed by atoms with Crippen LogP contribution in [0, 0.1) is 0 Å². The summed E-state index contributed by atoms with van der Waals surface area (Å²) in [5.41, 5.74) is 2.23. The average molecular weight is 263 g/mol. The number of fused-ring (bicyclic) bond motifs is 1. The average Bonchev–Trinajstić information content (AvgIpc) is 2.56. The summed E-state index contributed by atoms with van der Waals surface area (Å²) >= 11 is 0. The van der Waals surface area contributed by atoms with Crippen LogP contribution in [-0.4, -0.2) is 34.6 Å². The summed E-state index contributed by atoms with van der Waals surface area (Å²) in [6, 6.07) is 3.61. The Bertz CT molecular complexity index is 534. The largest absolute Gasteiger partial charge is 0.336 e. The maximum atomic E-state index is 12.0. The quantitative estimate of drug-likeness (QED) is 0.818. The Morgan fingerprint density at radius 1 is 1.26 bits per heavy atom. The van der Waals surface area contributed by atoms with Gasteiger partial charge in [0.05, 0.1) is 0 Å². The summed E-state index contributed by atoms with van der Waals surface area (Å²) in [6.45, 7) is 5.26. The highest BCUT2D eigenvalue weighted by atomic mass is 16.2. The van der Waals surface area contributed by atoms with Crippen molar-refractivity contribution in [2.75, 3.05) is 13.1 Å². The molecule has 2 rings (SSSR count). The molecular weight excluding hydrogens is 242 g/mol. The summed E-state index contributed by atoms with van der Waals surface area (Å²) in [6.07, 6.45) is 1.53. The fourth-order valence-electron chi connectivity index (χ4n) is 2.43. The molecule has 0 unspecified atom stereocenters. The third kappa shape index (κ3) is 2.97. The third-order valence-corrected chi connectivity index (χ3v) is 3.50. The van der Waals surface area contributed by atoms with Gasteiger partial charge in [-0.05, 0) is 25.8 Å². The van der Waals surface area contributed by atoms with Gasteiger partial charge < -0.3 is 14.8 Å². The molecule has 5 heteroatoms. The Kier molecular flexibility index (Phi) is 3.93. The van der Waals surface area contributed by atoms with E-state index in [1.165, 1.54) is 5.56 Å². The van der Waals surface area contributed by atoms with Crippen LogP contribution >= 0.6 is 0 Å². The van der Waals surface area contributed by atoms with E-state index in [1.54, 1.807) is 17.7 Å². The maximum Gasteiger partial charge on any atom is 0.317 e. The van der Waals surface area contributed by atoms with Gasteiger partial charge >= 0.3 is 6.03 Å². The molecule has 1 aliphatic rings. The van der Waals surface area contributed by atoms with E-state index in [9.17, 15) is 9.59 Å². The van der Waals surface area contributed by atoms with Crippen molar-refractivity contribution in [3.63, 3.8) is 0 Å². The van der Waals surface area contributed by atoms with Crippen LogP contribution in [0.25, 0.3) is 0 Å². The van der Waals surface area contributed by atoms with E-state index in [1.807, 2.05) is 24.8 Å². The van der Waals surface area contributed by atoms with Crippen LogP contribution in [-0.2, 0) is 19.9 Å². The van der Waals surface area contributed by atoms with Gasteiger partial charge in [-0.1, -0.05) is 6.07 Å². The Hall–Kier alpha value is -1.78. The van der Waals surface area contributed by atoms with E-state index in [0.717, 1.165) is 18.5 Å². The predicted octanol–water partition coefficient (Wildman–Crippen LogP) is 0.904. The van der Waals surface area contributed by atoms with E-state index in [-0.39, 0.29) is 17.6 Å². The monoisotopic (exact) mass is 263 g/mol. The molecular formula is C14H21N3O2. The van der Waals surface area contributed by atoms with E-state index >= 15 is 0 Å². The molecule has 0 aliphatic carbocycles. The number of amides is 2. The minimum Gasteiger partial charge on any atom is -0.336 e. The van der Waals surface area contributed by atoms with Crippen LogP contribution in [0.15, 0.2) is 16.9 Å². The number of hydrogen-bond donors (Lipinski definition) is 1. The van der Waals surface area contributed by atoms with Crippen LogP contribution < -0.4 is 10.9 Å². The van der Waals surface area contributed by atoms with Gasteiger partial charge in [0.25, 0.3) is 0 Å². The lowest BCUT2D eigenvalue weighted by molar-refractivity contribution is 0.197. The second-order valence-corrected chi connectivity index (χ2v) is 5.29. The van der Waals surface area contributed by atoms with Crippen LogP contribution in [0.5, 0.6) is 0 Å². The summed E-state index contributed by atoms with van der Waals surface area (Å²) in [5, 5.41) is 2.91. The lowest BCUT2D eigenvalue weighted by atomic mass is 10.1. The summed E-state index contributed by atoms with van der Waals surface area (Å²) in [7, 11) is 1.80. The molecule has 1 aromatic heterocycles. The fourth-order valence-corrected chi connectivity index (χ4v) is 2.43. The van der Waals surface area contributed by atoms with E-state index in [4.69, 9.17) is 0 Å². The maximum absolute atomic E-state index is 12.0. The number of rotatable bonds is 1. The van der Waals surface area contributed by atoms with E-state index in [0.29, 0.717) is 13.1 Å². The number of carbonyl (C=O) groups excluding carboxylic acids is 1. The number of nitrogens with one attached hydrogen (secondary N) is 1. The molecule has 5 nitrogen and oxygen atoms in total. The molecule has 2 heterocycles. The zero-order chi connectivity index (χ0) is 14.0. The molecule has 0 atom stereocenters. The summed E-state index contributed by atoms with van der Waals surface area (Å²) in [5.74, 6) is 0. The number of nitrogens with zero attached hydrogens (tertiary/aromatic N) is 2. The lowest BCUT2D eigenvalue weighted by Crippen LogP contribution is -2.44. The van der Waals surface area contributed by atoms with Crippen molar-refractivity contribution in [1.82, 2.24) is 14.8 Å². The first-order valence-electron chi connectivity index (χ1n) is 6.72. The van der Waals surface area contributed by atoms with Gasteiger partial charge in [-0.15, -0.1) is 0 Å². The van der Waals surface area contributed by atoms with Crippen molar-refractivity contribution in [1.29, 1.82) is 0 Å². The zero-order valence-corrected chi connectivity index (χ0v) is 11.8. The highest BCUT2D eigenvalue weighted by molar-refractivity contribution is 5.74. The molecule has 0 bridgehead atoms. The van der Waals surface area contributed by atoms with Crippen LogP contribution in [0.2, 0.25) is 0 Å². The molecule has 0 saturated carbocycles. The Labute approximate surface area is 113 Å². The van der Waals surface area contributed by atoms with Gasteiger partial charge in [-0.2, -0.15) is 0 Å². The highest BCUT2D eigenvalue weighted by Gasteiger charge is 2.20. The van der Waals surface area contributed by atoms with Crippen LogP contribution in [0.1, 0.15) is 25.1 Å². The van der Waals surface area contributed by atoms with Crippen molar-refractivity contribution in [2.24, 2.45) is 7.05 Å². The molecule has 0 aromatic carbocycles. The lowest BCUT2D eigenvalue weighted by Gasteiger charge is -2.22. The number of aromatic nitrogens is 1. The van der Waals surface area contributed by atoms with E-state index in [2.05, 4.69) is 5.32 Å². The Morgan fingerprint density at radius 2 is 1.95 bits per heavy atom. The van der Waals surface area contributed by atoms with Crippen molar-refractivity contribution in [3.05, 3.63) is 33.7 Å². The zero-order valence-electron chi connectivity index (χ0n) is 11.8. The van der Waals surface area contributed by atoms with Crippen molar-refractivity contribution in [2.45, 2.75) is 32.7 Å². The van der Waals surface area contributed by atoms with Gasteiger partial charge in [0.15, 0.2) is 0 Å². The summed E-state index contributed by atoms with van der Waals surface area (Å²) in [4.78, 5) is 25.5. The molecule has 104 valence electrons. The van der Waals surface area contributed by atoms with Crippen molar-refractivity contribution < 1.29 is 4.79 Å². The molecule has 0 radical (unpaired) electrons. The second-order valence-electron chi connectivity index (χ2n) is 5.29. The highest BCUT2D eigenvalue weighted by Crippen LogP contribution is 2.13. The molecule has 1 N–H and O–H groups in total. The molecule has 0 fully saturated rings. The normalized spacial score (nSPS) is 15.1. The number of pyridine rings is 1. The smallest absolute Gasteiger partial charge is 0.317 e. The Morgan fingerprint density at radius 3 is 2.63 bits per heavy atom. The molecule has 1 aliphatic heterocycles. The van der Waals surface area contributed by atoms with Crippen LogP contribution in [0.3, 0.4) is 0 Å². The standard InChI is InChI=1S/C14H21N3O2/c1-10(2)15-14(19)17-8-6-11-4-5-13(18)16(3)12(11)7-9-17/h4-5,10H,6-9H2,1-3H3,(H,15,19). The first kappa shape index (κ1) is 13.6. The van der Waals surface area contributed by atoms with Gasteiger partial charge in [-0.25, -0.2) is 4.79 Å². The predicted molar refractivity (Wildman–Crippen MR) is 74.3 cm³/mol. The third-order valence-electron chi connectivity index (χ3n) is 3.50. The van der Waals surface area contributed by atoms with Gasteiger partial charge in [0, 0.05) is 44.4 Å². The van der Waals surface area contributed by atoms with Crippen molar-refractivity contribution in [3.8, 4) is 0 Å². The van der Waals surface area contributed by atoms with Gasteiger partial charge in [0.1, 0.15) is 0 Å². The minimum absolute atomic E-state index is 0.0128. The number of hydrogen-bond acceptors (Lipinski definition) is 2.